The molecule has 66 heavy (non-hydrogen) atoms. The molecule has 4 fully saturated rings. The first-order chi connectivity index (χ1) is 31.4. The van der Waals surface area contributed by atoms with Crippen LogP contribution in [0.2, 0.25) is 0 Å². The second-order valence-electron chi connectivity index (χ2n) is 17.5. The quantitative estimate of drug-likeness (QED) is 0.0289. The molecule has 21 heteroatoms. The van der Waals surface area contributed by atoms with Crippen molar-refractivity contribution in [3.8, 4) is 0 Å². The van der Waals surface area contributed by atoms with Gasteiger partial charge >= 0.3 is 24.0 Å². The zero-order valence-electron chi connectivity index (χ0n) is 39.6. The zero-order chi connectivity index (χ0) is 49.1. The largest absolute Gasteiger partial charge is 0.481 e. The first kappa shape index (κ1) is 58.3. The fraction of sp³-hybridized carbons (Fsp3) is 0.733. The first-order valence-corrected chi connectivity index (χ1v) is 26.5. The van der Waals surface area contributed by atoms with Gasteiger partial charge in [-0.25, -0.2) is 9.59 Å². The molecule has 4 heterocycles. The van der Waals surface area contributed by atoms with Crippen molar-refractivity contribution in [1.82, 2.24) is 31.9 Å². The Balaban J connectivity index is 0.000000356. The Bertz CT molecular complexity index is 1770. The average Bonchev–Trinajstić information content (AvgIpc) is 4.03. The van der Waals surface area contributed by atoms with Crippen LogP contribution in [-0.2, 0) is 38.2 Å². The van der Waals surface area contributed by atoms with Gasteiger partial charge in [0.25, 0.3) is 10.1 Å². The summed E-state index contributed by atoms with van der Waals surface area (Å²) in [6.07, 6.45) is 12.4. The van der Waals surface area contributed by atoms with Crippen LogP contribution in [0.3, 0.4) is 0 Å². The predicted octanol–water partition coefficient (Wildman–Crippen LogP) is 5.14. The Morgan fingerprint density at radius 2 is 1.12 bits per heavy atom. The number of carbonyl (C=O) groups excluding carboxylic acids is 5. The highest BCUT2D eigenvalue weighted by Crippen LogP contribution is 2.34. The number of aryl methyl sites for hydroxylation is 1. The number of ether oxygens (including phenoxy) is 1. The summed E-state index contributed by atoms with van der Waals surface area (Å²) in [6.45, 7) is 8.78. The molecular formula is C45H76N6O12S3. The number of aliphatic hydroxyl groups is 1. The van der Waals surface area contributed by atoms with E-state index >= 15 is 0 Å². The minimum atomic E-state index is -3.51. The van der Waals surface area contributed by atoms with E-state index < -0.39 is 21.7 Å². The summed E-state index contributed by atoms with van der Waals surface area (Å²) in [6, 6.07) is 7.40. The van der Waals surface area contributed by atoms with E-state index in [2.05, 4.69) is 36.1 Å². The van der Waals surface area contributed by atoms with Gasteiger partial charge in [-0.05, 0) is 91.2 Å². The van der Waals surface area contributed by atoms with Crippen molar-refractivity contribution in [1.29, 1.82) is 0 Å². The maximum atomic E-state index is 11.9. The highest BCUT2D eigenvalue weighted by Gasteiger charge is 2.43. The van der Waals surface area contributed by atoms with Gasteiger partial charge in [0.05, 0.1) is 36.2 Å². The lowest BCUT2D eigenvalue weighted by Gasteiger charge is -2.19. The van der Waals surface area contributed by atoms with Gasteiger partial charge in [-0.1, -0.05) is 43.4 Å². The summed E-state index contributed by atoms with van der Waals surface area (Å²) in [5.41, 5.74) is 0.593. The number of hydrogen-bond donors (Lipinski definition) is 8. The minimum Gasteiger partial charge on any atom is -0.481 e. The van der Waals surface area contributed by atoms with Gasteiger partial charge in [-0.3, -0.25) is 23.4 Å². The van der Waals surface area contributed by atoms with E-state index in [1.165, 1.54) is 12.1 Å². The van der Waals surface area contributed by atoms with Gasteiger partial charge in [0, 0.05) is 67.9 Å². The third kappa shape index (κ3) is 23.8. The number of carboxylic acid groups (broad SMARTS) is 1. The molecule has 1 aromatic carbocycles. The number of esters is 1. The molecule has 8 N–H and O–H groups in total. The number of fused-ring (bicyclic) bond motifs is 2. The zero-order valence-corrected chi connectivity index (χ0v) is 42.1. The van der Waals surface area contributed by atoms with Crippen molar-refractivity contribution in [2.45, 2.75) is 176 Å². The Morgan fingerprint density at radius 1 is 0.682 bits per heavy atom. The van der Waals surface area contributed by atoms with E-state index in [0.717, 1.165) is 102 Å². The lowest BCUT2D eigenvalue weighted by molar-refractivity contribution is -0.155. The minimum absolute atomic E-state index is 0.0502. The number of aliphatic hydroxyl groups excluding tert-OH is 1. The van der Waals surface area contributed by atoms with Gasteiger partial charge in [-0.2, -0.15) is 31.9 Å². The number of thioether (sulfide) groups is 2. The number of amides is 6. The SMILES string of the molecule is CC(C)(C)OC(=O)CCCCCNC(=O)CCCCC1SCC2NC(=O)NC21.CO.COS(=O)(=O)c1ccc(C)cc1.O=C(O)CCCCCNC(=O)CCCCC1SCC2NC(=O)NC21. The van der Waals surface area contributed by atoms with Crippen LogP contribution in [0, 0.1) is 6.92 Å². The molecule has 0 saturated carbocycles. The fourth-order valence-corrected chi connectivity index (χ4v) is 11.3. The number of nitrogens with one attached hydrogen (secondary N) is 6. The topological polar surface area (TPSA) is 268 Å². The van der Waals surface area contributed by atoms with Crippen molar-refractivity contribution >= 4 is 69.5 Å². The van der Waals surface area contributed by atoms with E-state index in [-0.39, 0.29) is 65.3 Å². The molecule has 6 unspecified atom stereocenters. The van der Waals surface area contributed by atoms with Crippen LogP contribution in [0.15, 0.2) is 29.2 Å². The van der Waals surface area contributed by atoms with E-state index in [1.54, 1.807) is 12.1 Å². The summed E-state index contributed by atoms with van der Waals surface area (Å²) in [4.78, 5) is 68.5. The maximum absolute atomic E-state index is 11.9. The molecular weight excluding hydrogens is 913 g/mol. The van der Waals surface area contributed by atoms with Crippen molar-refractivity contribution in [2.75, 3.05) is 38.8 Å². The van der Waals surface area contributed by atoms with Gasteiger partial charge in [0.15, 0.2) is 0 Å². The lowest BCUT2D eigenvalue weighted by Crippen LogP contribution is -2.36. The van der Waals surface area contributed by atoms with E-state index in [9.17, 15) is 37.2 Å². The van der Waals surface area contributed by atoms with Gasteiger partial charge in [0.2, 0.25) is 11.8 Å². The van der Waals surface area contributed by atoms with Crippen LogP contribution in [0.25, 0.3) is 0 Å². The Labute approximate surface area is 400 Å². The summed E-state index contributed by atoms with van der Waals surface area (Å²) in [5.74, 6) is 1.19. The molecule has 18 nitrogen and oxygen atoms in total. The molecule has 4 aliphatic rings. The average molecular weight is 989 g/mol. The van der Waals surface area contributed by atoms with Crippen LogP contribution < -0.4 is 31.9 Å². The number of carboxylic acids is 1. The first-order valence-electron chi connectivity index (χ1n) is 23.0. The molecule has 1 aromatic rings. The monoisotopic (exact) mass is 988 g/mol. The van der Waals surface area contributed by atoms with Crippen LogP contribution in [-0.4, -0.2) is 134 Å². The van der Waals surface area contributed by atoms with Gasteiger partial charge < -0.3 is 46.9 Å². The molecule has 6 amide bonds. The van der Waals surface area contributed by atoms with Crippen LogP contribution in [0.4, 0.5) is 9.59 Å². The smallest absolute Gasteiger partial charge is 0.315 e. The molecule has 0 aliphatic carbocycles. The molecule has 376 valence electrons. The standard InChI is InChI=1S/C20H35N3O4S.C16H27N3O4S.C8H10O3S.CH4O/c1-20(2,3)27-17(25)11-5-4-8-12-21-16(24)10-7-6-9-15-18-14(13-28-15)22-19(26)23-18;20-13(17-9-5-1-2-8-14(21)22)7-4-3-6-12-15-11(10-24-12)18-16(23)19-15;1-7-3-5-8(6-4-7)12(9,10)11-2;1-2/h14-15,18H,4-13H2,1-3H3,(H,21,24)(H2,22,23,26);11-12,15H,1-10H2,(H,17,20)(H,21,22)(H2,18,19,23);3-6H,1-2H3;2H,1H3. The number of benzene rings is 1. The van der Waals surface area contributed by atoms with Crippen molar-refractivity contribution < 1.29 is 56.3 Å². The highest BCUT2D eigenvalue weighted by atomic mass is 32.2. The normalized spacial score (nSPS) is 21.3. The summed E-state index contributed by atoms with van der Waals surface area (Å²) >= 11 is 3.81. The van der Waals surface area contributed by atoms with E-state index in [0.29, 0.717) is 49.3 Å². The Morgan fingerprint density at radius 3 is 1.55 bits per heavy atom. The Kier molecular flexibility index (Phi) is 27.7. The lowest BCUT2D eigenvalue weighted by atomic mass is 10.0. The molecule has 0 bridgehead atoms. The van der Waals surface area contributed by atoms with Gasteiger partial charge in [-0.15, -0.1) is 0 Å². The molecule has 0 aromatic heterocycles. The van der Waals surface area contributed by atoms with Crippen LogP contribution in [0.5, 0.6) is 0 Å². The molecule has 4 saturated heterocycles. The molecule has 4 aliphatic heterocycles. The van der Waals surface area contributed by atoms with Gasteiger partial charge in [0.1, 0.15) is 5.60 Å². The molecule has 6 atom stereocenters. The summed E-state index contributed by atoms with van der Waals surface area (Å²) in [5, 5.41) is 34.1. The third-order valence-corrected chi connectivity index (χ3v) is 15.2. The number of rotatable bonds is 24. The third-order valence-electron chi connectivity index (χ3n) is 10.9. The van der Waals surface area contributed by atoms with Crippen molar-refractivity contribution in [3.05, 3.63) is 29.8 Å². The molecule has 0 radical (unpaired) electrons. The number of aliphatic carboxylic acids is 1. The number of unbranched alkanes of at least 4 members (excludes halogenated alkanes) is 6. The maximum Gasteiger partial charge on any atom is 0.315 e. The van der Waals surface area contributed by atoms with Crippen LogP contribution >= 0.6 is 23.5 Å². The Hall–Kier alpha value is -3.79. The summed E-state index contributed by atoms with van der Waals surface area (Å²) < 4.78 is 31.8. The van der Waals surface area contributed by atoms with Crippen molar-refractivity contribution in [2.24, 2.45) is 0 Å². The number of carbonyl (C=O) groups is 6. The number of urea groups is 2. The highest BCUT2D eigenvalue weighted by molar-refractivity contribution is 8.00. The molecule has 0 spiro atoms. The molecule has 5 rings (SSSR count). The predicted molar refractivity (Wildman–Crippen MR) is 258 cm³/mol. The van der Waals surface area contributed by atoms with E-state index in [1.807, 2.05) is 51.2 Å². The second-order valence-corrected chi connectivity index (χ2v) is 21.7. The summed E-state index contributed by atoms with van der Waals surface area (Å²) in [7, 11) is -1.37. The second kappa shape index (κ2) is 31.3. The fourth-order valence-electron chi connectivity index (χ4n) is 7.52. The number of hydrogen-bond acceptors (Lipinski definition) is 13. The van der Waals surface area contributed by atoms with Crippen molar-refractivity contribution in [3.63, 3.8) is 0 Å². The van der Waals surface area contributed by atoms with E-state index in [4.69, 9.17) is 14.9 Å². The van der Waals surface area contributed by atoms with Crippen LogP contribution in [0.1, 0.15) is 129 Å².